The summed E-state index contributed by atoms with van der Waals surface area (Å²) in [4.78, 5) is 0. The van der Waals surface area contributed by atoms with Gasteiger partial charge in [0.2, 0.25) is 0 Å². The third-order valence-electron chi connectivity index (χ3n) is 4.85. The van der Waals surface area contributed by atoms with Crippen LogP contribution in [0.5, 0.6) is 0 Å². The van der Waals surface area contributed by atoms with Crippen molar-refractivity contribution < 1.29 is 0 Å². The third kappa shape index (κ3) is 5.09. The van der Waals surface area contributed by atoms with E-state index in [1.165, 1.54) is 27.8 Å². The highest BCUT2D eigenvalue weighted by Crippen LogP contribution is 2.34. The van der Waals surface area contributed by atoms with Gasteiger partial charge in [-0.15, -0.1) is 0 Å². The Kier molecular flexibility index (Phi) is 7.98. The molecule has 0 fully saturated rings. The van der Waals surface area contributed by atoms with Gasteiger partial charge in [-0.3, -0.25) is 0 Å². The molecule has 0 bridgehead atoms. The Bertz CT molecular complexity index is 629. The average molecular weight is 323 g/mol. The predicted molar refractivity (Wildman–Crippen MR) is 109 cm³/mol. The molecule has 0 radical (unpaired) electrons. The van der Waals surface area contributed by atoms with Gasteiger partial charge in [-0.2, -0.15) is 0 Å². The van der Waals surface area contributed by atoms with E-state index in [9.17, 15) is 0 Å². The summed E-state index contributed by atoms with van der Waals surface area (Å²) in [6, 6.07) is 17.6. The zero-order chi connectivity index (χ0) is 18.2. The number of benzene rings is 2. The molecular weight excluding hydrogens is 288 g/mol. The van der Waals surface area contributed by atoms with Crippen LogP contribution < -0.4 is 0 Å². The van der Waals surface area contributed by atoms with Crippen LogP contribution in [0.3, 0.4) is 0 Å². The van der Waals surface area contributed by atoms with Crippen molar-refractivity contribution in [2.75, 3.05) is 0 Å². The number of hydrogen-bond acceptors (Lipinski definition) is 0. The molecule has 0 heteroatoms. The highest BCUT2D eigenvalue weighted by atomic mass is 14.3. The van der Waals surface area contributed by atoms with Crippen LogP contribution in [0, 0.1) is 6.92 Å². The molecule has 0 nitrogen and oxygen atoms in total. The third-order valence-corrected chi connectivity index (χ3v) is 4.85. The summed E-state index contributed by atoms with van der Waals surface area (Å²) in [5.41, 5.74) is 6.87. The summed E-state index contributed by atoms with van der Waals surface area (Å²) in [6.07, 6.45) is 3.21. The minimum atomic E-state index is 0.0225. The van der Waals surface area contributed by atoms with Crippen LogP contribution in [0.15, 0.2) is 60.7 Å². The minimum absolute atomic E-state index is 0.0225. The van der Waals surface area contributed by atoms with Crippen LogP contribution in [-0.2, 0) is 18.3 Å². The predicted octanol–water partition coefficient (Wildman–Crippen LogP) is 7.05. The van der Waals surface area contributed by atoms with E-state index >= 15 is 0 Å². The van der Waals surface area contributed by atoms with E-state index in [1.54, 1.807) is 0 Å². The van der Waals surface area contributed by atoms with E-state index in [1.807, 2.05) is 13.8 Å². The zero-order valence-electron chi connectivity index (χ0n) is 16.4. The first-order valence-electron chi connectivity index (χ1n) is 9.27. The largest absolute Gasteiger partial charge is 0.0990 e. The molecule has 0 amide bonds. The number of hydrogen-bond donors (Lipinski definition) is 0. The van der Waals surface area contributed by atoms with E-state index in [4.69, 9.17) is 0 Å². The zero-order valence-corrected chi connectivity index (χ0v) is 16.4. The Morgan fingerprint density at radius 3 is 2.00 bits per heavy atom. The van der Waals surface area contributed by atoms with Crippen molar-refractivity contribution >= 4 is 0 Å². The molecule has 0 spiro atoms. The quantitative estimate of drug-likeness (QED) is 0.500. The molecule has 0 heterocycles. The number of allylic oxidation sites excluding steroid dienone is 1. The summed E-state index contributed by atoms with van der Waals surface area (Å²) in [6.45, 7) is 17.4. The van der Waals surface area contributed by atoms with Crippen molar-refractivity contribution in [1.29, 1.82) is 0 Å². The van der Waals surface area contributed by atoms with E-state index in [0.717, 1.165) is 19.3 Å². The minimum Gasteiger partial charge on any atom is -0.0990 e. The van der Waals surface area contributed by atoms with Crippen molar-refractivity contribution in [2.24, 2.45) is 0 Å². The first-order valence-corrected chi connectivity index (χ1v) is 9.27. The van der Waals surface area contributed by atoms with Gasteiger partial charge < -0.3 is 0 Å². The average Bonchev–Trinajstić information content (AvgIpc) is 2.62. The van der Waals surface area contributed by atoms with E-state index in [0.29, 0.717) is 0 Å². The molecule has 2 aromatic rings. The molecule has 0 aliphatic rings. The Morgan fingerprint density at radius 1 is 0.917 bits per heavy atom. The maximum Gasteiger partial charge on any atom is 0.0105 e. The van der Waals surface area contributed by atoms with Gasteiger partial charge in [0.25, 0.3) is 0 Å². The molecule has 0 aliphatic heterocycles. The molecule has 0 aromatic heterocycles. The lowest BCUT2D eigenvalue weighted by atomic mass is 9.74. The second-order valence-electron chi connectivity index (χ2n) is 6.71. The Hall–Kier alpha value is -1.82. The molecule has 24 heavy (non-hydrogen) atoms. The van der Waals surface area contributed by atoms with Gasteiger partial charge in [0.1, 0.15) is 0 Å². The van der Waals surface area contributed by atoms with Crippen molar-refractivity contribution in [3.63, 3.8) is 0 Å². The topological polar surface area (TPSA) is 0 Å². The van der Waals surface area contributed by atoms with Crippen molar-refractivity contribution in [3.8, 4) is 0 Å². The van der Waals surface area contributed by atoms with E-state index < -0.39 is 0 Å². The lowest BCUT2D eigenvalue weighted by Crippen LogP contribution is -2.21. The molecule has 0 saturated carbocycles. The van der Waals surface area contributed by atoms with Crippen LogP contribution in [0.1, 0.15) is 63.3 Å². The fourth-order valence-electron chi connectivity index (χ4n) is 3.01. The SMILES string of the molecule is C=C(CCc1ccc(CC)cc1)C(C)(C)c1ccccc1C.CC. The molecule has 130 valence electrons. The van der Waals surface area contributed by atoms with E-state index in [2.05, 4.69) is 82.8 Å². The van der Waals surface area contributed by atoms with E-state index in [-0.39, 0.29) is 5.41 Å². The van der Waals surface area contributed by atoms with Crippen LogP contribution in [0.25, 0.3) is 0 Å². The monoisotopic (exact) mass is 322 g/mol. The van der Waals surface area contributed by atoms with Gasteiger partial charge in [-0.25, -0.2) is 0 Å². The maximum absolute atomic E-state index is 4.39. The molecule has 2 rings (SSSR count). The first-order chi connectivity index (χ1) is 11.4. The van der Waals surface area contributed by atoms with Gasteiger partial charge in [-0.1, -0.05) is 95.3 Å². The highest BCUT2D eigenvalue weighted by molar-refractivity contribution is 5.39. The molecule has 0 aliphatic carbocycles. The lowest BCUT2D eigenvalue weighted by Gasteiger charge is -2.30. The van der Waals surface area contributed by atoms with Crippen LogP contribution >= 0.6 is 0 Å². The molecule has 0 saturated heterocycles. The molecular formula is C24H34. The van der Waals surface area contributed by atoms with Gasteiger partial charge >= 0.3 is 0 Å². The highest BCUT2D eigenvalue weighted by Gasteiger charge is 2.25. The fourth-order valence-corrected chi connectivity index (χ4v) is 3.01. The summed E-state index contributed by atoms with van der Waals surface area (Å²) < 4.78 is 0. The molecule has 2 aromatic carbocycles. The van der Waals surface area contributed by atoms with Crippen LogP contribution in [0.2, 0.25) is 0 Å². The van der Waals surface area contributed by atoms with Crippen LogP contribution in [-0.4, -0.2) is 0 Å². The lowest BCUT2D eigenvalue weighted by molar-refractivity contribution is 0.590. The smallest absolute Gasteiger partial charge is 0.0105 e. The van der Waals surface area contributed by atoms with Crippen molar-refractivity contribution in [2.45, 2.75) is 66.2 Å². The summed E-state index contributed by atoms with van der Waals surface area (Å²) in [5.74, 6) is 0. The first kappa shape index (κ1) is 20.2. The van der Waals surface area contributed by atoms with Crippen molar-refractivity contribution in [1.82, 2.24) is 0 Å². The second-order valence-corrected chi connectivity index (χ2v) is 6.71. The Labute approximate surface area is 149 Å². The summed E-state index contributed by atoms with van der Waals surface area (Å²) in [7, 11) is 0. The molecule has 0 unspecified atom stereocenters. The van der Waals surface area contributed by atoms with Gasteiger partial charge in [0.15, 0.2) is 0 Å². The number of rotatable bonds is 6. The number of aryl methyl sites for hydroxylation is 3. The summed E-state index contributed by atoms with van der Waals surface area (Å²) in [5, 5.41) is 0. The summed E-state index contributed by atoms with van der Waals surface area (Å²) >= 11 is 0. The maximum atomic E-state index is 4.39. The Morgan fingerprint density at radius 2 is 1.46 bits per heavy atom. The Balaban J connectivity index is 0.00000139. The van der Waals surface area contributed by atoms with Gasteiger partial charge in [0.05, 0.1) is 0 Å². The van der Waals surface area contributed by atoms with Gasteiger partial charge in [-0.05, 0) is 48.4 Å². The second kappa shape index (κ2) is 9.47. The fraction of sp³-hybridized carbons (Fsp3) is 0.417. The standard InChI is InChI=1S/C22H28.C2H6/c1-6-19-13-15-20(16-14-19)12-11-18(3)22(4,5)21-10-8-7-9-17(21)2;1-2/h7-10,13-16H,3,6,11-12H2,1-2,4-5H3;1-2H3. The van der Waals surface area contributed by atoms with Gasteiger partial charge in [0, 0.05) is 5.41 Å². The van der Waals surface area contributed by atoms with Crippen molar-refractivity contribution in [3.05, 3.63) is 82.9 Å². The van der Waals surface area contributed by atoms with Crippen LogP contribution in [0.4, 0.5) is 0 Å². The molecule has 0 atom stereocenters. The normalized spacial score (nSPS) is 10.8. The molecule has 0 N–H and O–H groups in total.